The molecule has 0 spiro atoms. The zero-order valence-corrected chi connectivity index (χ0v) is 14.0. The van der Waals surface area contributed by atoms with E-state index in [4.69, 9.17) is 4.74 Å². The molecule has 2 aromatic rings. The van der Waals surface area contributed by atoms with Crippen LogP contribution in [0.2, 0.25) is 0 Å². The molecule has 6 nitrogen and oxygen atoms in total. The third-order valence-electron chi connectivity index (χ3n) is 4.36. The molecule has 1 saturated heterocycles. The molecular formula is C17H21FN4O2. The average Bonchev–Trinajstić information content (AvgIpc) is 2.80. The number of carbonyl (C=O) groups excluding carboxylic acids is 1. The van der Waals surface area contributed by atoms with Gasteiger partial charge < -0.3 is 15.0 Å². The quantitative estimate of drug-likeness (QED) is 0.920. The second kappa shape index (κ2) is 6.60. The number of aryl methyl sites for hydroxylation is 2. The van der Waals surface area contributed by atoms with E-state index in [1.807, 2.05) is 25.6 Å². The zero-order chi connectivity index (χ0) is 17.3. The highest BCUT2D eigenvalue weighted by atomic mass is 19.1. The minimum Gasteiger partial charge on any atom is -0.377 e. The van der Waals surface area contributed by atoms with Crippen molar-refractivity contribution < 1.29 is 13.9 Å². The smallest absolute Gasteiger partial charge is 0.322 e. The predicted molar refractivity (Wildman–Crippen MR) is 88.4 cm³/mol. The van der Waals surface area contributed by atoms with Crippen LogP contribution < -0.4 is 5.32 Å². The van der Waals surface area contributed by atoms with Crippen molar-refractivity contribution in [3.05, 3.63) is 47.0 Å². The number of carbonyl (C=O) groups is 1. The summed E-state index contributed by atoms with van der Waals surface area (Å²) in [5.41, 5.74) is 3.33. The Kier molecular flexibility index (Phi) is 4.53. The van der Waals surface area contributed by atoms with Gasteiger partial charge in [0, 0.05) is 30.5 Å². The third-order valence-corrected chi connectivity index (χ3v) is 4.36. The van der Waals surface area contributed by atoms with Crippen molar-refractivity contribution >= 4 is 11.7 Å². The van der Waals surface area contributed by atoms with Gasteiger partial charge in [-0.05, 0) is 32.0 Å². The van der Waals surface area contributed by atoms with E-state index in [2.05, 4.69) is 10.4 Å². The SMILES string of the molecule is Cc1nn(C)c(C)c1[C@H]1COCCN1C(=O)Nc1cccc(F)c1. The topological polar surface area (TPSA) is 59.4 Å². The van der Waals surface area contributed by atoms with Crippen LogP contribution in [0.15, 0.2) is 24.3 Å². The average molecular weight is 332 g/mol. The molecule has 2 amide bonds. The highest BCUT2D eigenvalue weighted by molar-refractivity contribution is 5.89. The van der Waals surface area contributed by atoms with Crippen molar-refractivity contribution in [3.63, 3.8) is 0 Å². The van der Waals surface area contributed by atoms with Gasteiger partial charge in [0.25, 0.3) is 0 Å². The van der Waals surface area contributed by atoms with Crippen LogP contribution in [-0.2, 0) is 11.8 Å². The number of rotatable bonds is 2. The Labute approximate surface area is 140 Å². The molecule has 0 aliphatic carbocycles. The molecule has 1 aliphatic heterocycles. The van der Waals surface area contributed by atoms with Crippen LogP contribution >= 0.6 is 0 Å². The third kappa shape index (κ3) is 3.12. The Morgan fingerprint density at radius 3 is 2.88 bits per heavy atom. The number of halogens is 1. The number of amides is 2. The van der Waals surface area contributed by atoms with Gasteiger partial charge in [0.1, 0.15) is 5.82 Å². The molecule has 128 valence electrons. The molecule has 0 unspecified atom stereocenters. The van der Waals surface area contributed by atoms with Crippen LogP contribution in [0.25, 0.3) is 0 Å². The maximum Gasteiger partial charge on any atom is 0.322 e. The van der Waals surface area contributed by atoms with Crippen molar-refractivity contribution in [1.82, 2.24) is 14.7 Å². The lowest BCUT2D eigenvalue weighted by Crippen LogP contribution is -2.45. The van der Waals surface area contributed by atoms with Crippen molar-refractivity contribution in [2.24, 2.45) is 7.05 Å². The van der Waals surface area contributed by atoms with Gasteiger partial charge in [-0.3, -0.25) is 4.68 Å². The second-order valence-corrected chi connectivity index (χ2v) is 5.93. The fraction of sp³-hybridized carbons (Fsp3) is 0.412. The standard InChI is InChI=1S/C17H21FN4O2/c1-11-16(12(2)21(3)20-11)15-10-24-8-7-22(15)17(23)19-14-6-4-5-13(18)9-14/h4-6,9,15H,7-8,10H2,1-3H3,(H,19,23)/t15-/m1/s1. The van der Waals surface area contributed by atoms with Crippen LogP contribution in [-0.4, -0.2) is 40.5 Å². The van der Waals surface area contributed by atoms with Gasteiger partial charge in [0.2, 0.25) is 0 Å². The first-order valence-electron chi connectivity index (χ1n) is 7.88. The van der Waals surface area contributed by atoms with E-state index < -0.39 is 0 Å². The van der Waals surface area contributed by atoms with E-state index in [0.29, 0.717) is 25.4 Å². The minimum absolute atomic E-state index is 0.207. The molecule has 24 heavy (non-hydrogen) atoms. The van der Waals surface area contributed by atoms with E-state index in [0.717, 1.165) is 17.0 Å². The summed E-state index contributed by atoms with van der Waals surface area (Å²) in [5, 5.41) is 7.19. The Balaban J connectivity index is 1.85. The summed E-state index contributed by atoms with van der Waals surface area (Å²) in [6.45, 7) is 5.28. The minimum atomic E-state index is -0.384. The lowest BCUT2D eigenvalue weighted by Gasteiger charge is -2.36. The molecule has 1 aromatic carbocycles. The Morgan fingerprint density at radius 2 is 2.21 bits per heavy atom. The number of urea groups is 1. The highest BCUT2D eigenvalue weighted by Gasteiger charge is 2.32. The summed E-state index contributed by atoms with van der Waals surface area (Å²) < 4.78 is 20.7. The molecule has 1 N–H and O–H groups in total. The number of nitrogens with one attached hydrogen (secondary N) is 1. The van der Waals surface area contributed by atoms with E-state index in [-0.39, 0.29) is 17.9 Å². The Morgan fingerprint density at radius 1 is 1.42 bits per heavy atom. The first-order valence-corrected chi connectivity index (χ1v) is 7.88. The molecule has 1 aromatic heterocycles. The van der Waals surface area contributed by atoms with Crippen molar-refractivity contribution in [1.29, 1.82) is 0 Å². The normalized spacial score (nSPS) is 17.8. The second-order valence-electron chi connectivity index (χ2n) is 5.93. The molecule has 3 rings (SSSR count). The fourth-order valence-corrected chi connectivity index (χ4v) is 3.12. The highest BCUT2D eigenvalue weighted by Crippen LogP contribution is 2.29. The molecule has 1 aliphatic rings. The molecule has 2 heterocycles. The molecular weight excluding hydrogens is 311 g/mol. The lowest BCUT2D eigenvalue weighted by atomic mass is 10.0. The summed E-state index contributed by atoms with van der Waals surface area (Å²) in [6.07, 6.45) is 0. The first-order chi connectivity index (χ1) is 11.5. The summed E-state index contributed by atoms with van der Waals surface area (Å²) in [5.74, 6) is -0.384. The van der Waals surface area contributed by atoms with E-state index in [1.54, 1.807) is 17.0 Å². The number of benzene rings is 1. The summed E-state index contributed by atoms with van der Waals surface area (Å²) in [4.78, 5) is 14.4. The summed E-state index contributed by atoms with van der Waals surface area (Å²) >= 11 is 0. The first kappa shape index (κ1) is 16.4. The number of ether oxygens (including phenoxy) is 1. The molecule has 0 saturated carbocycles. The monoisotopic (exact) mass is 332 g/mol. The van der Waals surface area contributed by atoms with Crippen LogP contribution in [0.5, 0.6) is 0 Å². The number of hydrogen-bond donors (Lipinski definition) is 1. The van der Waals surface area contributed by atoms with Gasteiger partial charge in [0.05, 0.1) is 24.9 Å². The van der Waals surface area contributed by atoms with Crippen LogP contribution in [0, 0.1) is 19.7 Å². The molecule has 1 fully saturated rings. The number of anilines is 1. The van der Waals surface area contributed by atoms with Gasteiger partial charge in [-0.15, -0.1) is 0 Å². The van der Waals surface area contributed by atoms with Gasteiger partial charge >= 0.3 is 6.03 Å². The molecule has 0 bridgehead atoms. The van der Waals surface area contributed by atoms with E-state index >= 15 is 0 Å². The molecule has 7 heteroatoms. The fourth-order valence-electron chi connectivity index (χ4n) is 3.12. The molecule has 1 atom stereocenters. The van der Waals surface area contributed by atoms with E-state index in [1.165, 1.54) is 12.1 Å². The van der Waals surface area contributed by atoms with Crippen molar-refractivity contribution in [2.45, 2.75) is 19.9 Å². The summed E-state index contributed by atoms with van der Waals surface area (Å²) in [6, 6.07) is 5.40. The maximum atomic E-state index is 13.3. The number of nitrogens with zero attached hydrogens (tertiary/aromatic N) is 3. The van der Waals surface area contributed by atoms with Gasteiger partial charge in [0.15, 0.2) is 0 Å². The van der Waals surface area contributed by atoms with Crippen LogP contribution in [0.4, 0.5) is 14.9 Å². The zero-order valence-electron chi connectivity index (χ0n) is 14.0. The van der Waals surface area contributed by atoms with Crippen molar-refractivity contribution in [3.8, 4) is 0 Å². The number of morpholine rings is 1. The maximum absolute atomic E-state index is 13.3. The largest absolute Gasteiger partial charge is 0.377 e. The van der Waals surface area contributed by atoms with Crippen LogP contribution in [0.3, 0.4) is 0 Å². The predicted octanol–water partition coefficient (Wildman–Crippen LogP) is 2.78. The van der Waals surface area contributed by atoms with Gasteiger partial charge in [-0.2, -0.15) is 5.10 Å². The lowest BCUT2D eigenvalue weighted by molar-refractivity contribution is 0.0143. The molecule has 0 radical (unpaired) electrons. The Hall–Kier alpha value is -2.41. The van der Waals surface area contributed by atoms with Gasteiger partial charge in [-0.25, -0.2) is 9.18 Å². The van der Waals surface area contributed by atoms with Gasteiger partial charge in [-0.1, -0.05) is 6.07 Å². The Bertz CT molecular complexity index is 759. The van der Waals surface area contributed by atoms with Crippen molar-refractivity contribution in [2.75, 3.05) is 25.1 Å². The number of aromatic nitrogens is 2. The van der Waals surface area contributed by atoms with Crippen LogP contribution in [0.1, 0.15) is 23.0 Å². The van der Waals surface area contributed by atoms with E-state index in [9.17, 15) is 9.18 Å². The number of hydrogen-bond acceptors (Lipinski definition) is 3. The summed E-state index contributed by atoms with van der Waals surface area (Å²) in [7, 11) is 1.88.